The van der Waals surface area contributed by atoms with E-state index in [0.29, 0.717) is 30.8 Å². The van der Waals surface area contributed by atoms with Crippen molar-refractivity contribution in [2.75, 3.05) is 5.73 Å². The van der Waals surface area contributed by atoms with Gasteiger partial charge in [0.2, 0.25) is 0 Å². The quantitative estimate of drug-likeness (QED) is 0.380. The van der Waals surface area contributed by atoms with E-state index in [1.165, 1.54) is 6.20 Å². The van der Waals surface area contributed by atoms with Crippen molar-refractivity contribution in [3.05, 3.63) is 100 Å². The highest BCUT2D eigenvalue weighted by Crippen LogP contribution is 2.26. The van der Waals surface area contributed by atoms with Crippen molar-refractivity contribution in [1.82, 2.24) is 15.3 Å². The van der Waals surface area contributed by atoms with Gasteiger partial charge >= 0.3 is 0 Å². The number of hydrogen-bond acceptors (Lipinski definition) is 6. The van der Waals surface area contributed by atoms with Crippen LogP contribution in [-0.4, -0.2) is 15.9 Å². The number of nitrogen functional groups attached to an aromatic ring is 1. The molecule has 0 saturated carbocycles. The van der Waals surface area contributed by atoms with Gasteiger partial charge in [-0.1, -0.05) is 42.5 Å². The Morgan fingerprint density at radius 3 is 2.66 bits per heavy atom. The number of benzene rings is 2. The van der Waals surface area contributed by atoms with Gasteiger partial charge < -0.3 is 16.8 Å². The molecule has 32 heavy (non-hydrogen) atoms. The molecule has 4 rings (SSSR count). The van der Waals surface area contributed by atoms with Crippen LogP contribution < -0.4 is 16.8 Å². The molecule has 5 N–H and O–H groups in total. The number of carbonyl (C=O) groups excluding carboxylic acids is 1. The van der Waals surface area contributed by atoms with E-state index >= 15 is 0 Å². The maximum atomic E-state index is 14.5. The van der Waals surface area contributed by atoms with Gasteiger partial charge in [-0.2, -0.15) is 0 Å². The van der Waals surface area contributed by atoms with Crippen molar-refractivity contribution in [3.63, 3.8) is 0 Å². The normalized spacial score (nSPS) is 10.9. The molecule has 2 heterocycles. The van der Waals surface area contributed by atoms with Gasteiger partial charge in [-0.15, -0.1) is 11.3 Å². The zero-order valence-corrected chi connectivity index (χ0v) is 18.0. The molecule has 0 unspecified atom stereocenters. The Balaban J connectivity index is 1.38. The minimum absolute atomic E-state index is 0.0209. The van der Waals surface area contributed by atoms with E-state index in [1.54, 1.807) is 17.4 Å². The molecule has 0 saturated heterocycles. The maximum Gasteiger partial charge on any atom is 0.271 e. The fraction of sp³-hybridized carbons (Fsp3) is 0.125. The summed E-state index contributed by atoms with van der Waals surface area (Å²) in [5.41, 5.74) is 15.1. The molecule has 162 valence electrons. The SMILES string of the molecule is NC(=O)c1nc(Cc2cccc(CNCc3ccc(-c4cccs4)cc3F)c2)cnc1N. The summed E-state index contributed by atoms with van der Waals surface area (Å²) in [4.78, 5) is 20.7. The van der Waals surface area contributed by atoms with E-state index < -0.39 is 5.91 Å². The van der Waals surface area contributed by atoms with Gasteiger partial charge in [-0.25, -0.2) is 14.4 Å². The number of rotatable bonds is 8. The lowest BCUT2D eigenvalue weighted by Gasteiger charge is -2.09. The molecular formula is C24H22FN5OS. The summed E-state index contributed by atoms with van der Waals surface area (Å²) in [5.74, 6) is -0.898. The molecule has 0 aliphatic carbocycles. The molecule has 4 aromatic rings. The van der Waals surface area contributed by atoms with Crippen LogP contribution in [0.15, 0.2) is 66.2 Å². The van der Waals surface area contributed by atoms with Crippen molar-refractivity contribution in [2.45, 2.75) is 19.5 Å². The van der Waals surface area contributed by atoms with Crippen molar-refractivity contribution in [3.8, 4) is 10.4 Å². The summed E-state index contributed by atoms with van der Waals surface area (Å²) in [7, 11) is 0. The van der Waals surface area contributed by atoms with Crippen LogP contribution in [0.5, 0.6) is 0 Å². The largest absolute Gasteiger partial charge is 0.382 e. The molecule has 0 fully saturated rings. The molecule has 8 heteroatoms. The first-order valence-electron chi connectivity index (χ1n) is 10.0. The number of nitrogens with two attached hydrogens (primary N) is 2. The Bertz CT molecular complexity index is 1240. The van der Waals surface area contributed by atoms with E-state index in [2.05, 4.69) is 15.3 Å². The van der Waals surface area contributed by atoms with Crippen LogP contribution in [0.4, 0.5) is 10.2 Å². The van der Waals surface area contributed by atoms with E-state index in [4.69, 9.17) is 11.5 Å². The second kappa shape index (κ2) is 9.67. The van der Waals surface area contributed by atoms with E-state index in [-0.39, 0.29) is 17.3 Å². The van der Waals surface area contributed by atoms with Crippen molar-refractivity contribution >= 4 is 23.1 Å². The van der Waals surface area contributed by atoms with Crippen molar-refractivity contribution in [1.29, 1.82) is 0 Å². The number of hydrogen-bond donors (Lipinski definition) is 3. The Morgan fingerprint density at radius 1 is 1.06 bits per heavy atom. The van der Waals surface area contributed by atoms with Crippen molar-refractivity contribution in [2.24, 2.45) is 5.73 Å². The fourth-order valence-corrected chi connectivity index (χ4v) is 4.11. The number of halogens is 1. The minimum Gasteiger partial charge on any atom is -0.382 e. The Labute approximate surface area is 189 Å². The number of thiophene rings is 1. The third-order valence-electron chi connectivity index (χ3n) is 4.96. The summed E-state index contributed by atoms with van der Waals surface area (Å²) in [5, 5.41) is 5.27. The van der Waals surface area contributed by atoms with Gasteiger partial charge in [0.25, 0.3) is 5.91 Å². The summed E-state index contributed by atoms with van der Waals surface area (Å²) in [6, 6.07) is 17.2. The number of nitrogens with one attached hydrogen (secondary N) is 1. The van der Waals surface area contributed by atoms with Gasteiger partial charge in [0.05, 0.1) is 11.9 Å². The monoisotopic (exact) mass is 447 g/mol. The molecule has 6 nitrogen and oxygen atoms in total. The molecule has 0 aliphatic heterocycles. The van der Waals surface area contributed by atoms with Crippen LogP contribution >= 0.6 is 11.3 Å². The lowest BCUT2D eigenvalue weighted by molar-refractivity contribution is 0.0996. The highest BCUT2D eigenvalue weighted by molar-refractivity contribution is 7.13. The standard InChI is InChI=1S/C24H22FN5OS/c25-20-11-17(21-5-2-8-32-21)6-7-18(20)13-28-12-16-4-1-3-15(9-16)10-19-14-29-23(26)22(30-19)24(27)31/h1-9,11,14,28H,10,12-13H2,(H2,26,29)(H2,27,31). The predicted molar refractivity (Wildman–Crippen MR) is 124 cm³/mol. The summed E-state index contributed by atoms with van der Waals surface area (Å²) < 4.78 is 14.5. The maximum absolute atomic E-state index is 14.5. The second-order valence-corrected chi connectivity index (χ2v) is 8.29. The van der Waals surface area contributed by atoms with Crippen LogP contribution in [0, 0.1) is 5.82 Å². The highest BCUT2D eigenvalue weighted by Gasteiger charge is 2.11. The minimum atomic E-state index is -0.703. The molecule has 1 amide bonds. The molecule has 0 radical (unpaired) electrons. The smallest absolute Gasteiger partial charge is 0.271 e. The van der Waals surface area contributed by atoms with E-state index in [1.807, 2.05) is 53.9 Å². The van der Waals surface area contributed by atoms with Crippen LogP contribution in [0.3, 0.4) is 0 Å². The Kier molecular flexibility index (Phi) is 6.53. The van der Waals surface area contributed by atoms with Gasteiger partial charge in [0.15, 0.2) is 11.5 Å². The van der Waals surface area contributed by atoms with Crippen LogP contribution in [0.1, 0.15) is 32.9 Å². The molecular weight excluding hydrogens is 425 g/mol. The van der Waals surface area contributed by atoms with E-state index in [0.717, 1.165) is 21.6 Å². The number of aromatic nitrogens is 2. The Hall–Kier alpha value is -3.62. The molecule has 0 spiro atoms. The predicted octanol–water partition coefficient (Wildman–Crippen LogP) is 3.91. The zero-order valence-electron chi connectivity index (χ0n) is 17.2. The van der Waals surface area contributed by atoms with Crippen LogP contribution in [0.2, 0.25) is 0 Å². The third kappa shape index (κ3) is 5.16. The van der Waals surface area contributed by atoms with E-state index in [9.17, 15) is 9.18 Å². The number of primary amides is 1. The first-order chi connectivity index (χ1) is 15.5. The highest BCUT2D eigenvalue weighted by atomic mass is 32.1. The Morgan fingerprint density at radius 2 is 1.91 bits per heavy atom. The lowest BCUT2D eigenvalue weighted by atomic mass is 10.1. The van der Waals surface area contributed by atoms with Gasteiger partial charge in [0.1, 0.15) is 5.82 Å². The van der Waals surface area contributed by atoms with Gasteiger partial charge in [-0.05, 0) is 34.2 Å². The van der Waals surface area contributed by atoms with Crippen molar-refractivity contribution < 1.29 is 9.18 Å². The molecule has 0 aliphatic rings. The second-order valence-electron chi connectivity index (χ2n) is 7.34. The van der Waals surface area contributed by atoms with Crippen LogP contribution in [-0.2, 0) is 19.5 Å². The van der Waals surface area contributed by atoms with Gasteiger partial charge in [-0.3, -0.25) is 4.79 Å². The van der Waals surface area contributed by atoms with Gasteiger partial charge in [0, 0.05) is 30.0 Å². The first kappa shape index (κ1) is 21.6. The summed E-state index contributed by atoms with van der Waals surface area (Å²) in [6.45, 7) is 1.01. The summed E-state index contributed by atoms with van der Waals surface area (Å²) >= 11 is 1.59. The molecule has 2 aromatic carbocycles. The average molecular weight is 448 g/mol. The van der Waals surface area contributed by atoms with Crippen LogP contribution in [0.25, 0.3) is 10.4 Å². The molecule has 2 aromatic heterocycles. The topological polar surface area (TPSA) is 107 Å². The summed E-state index contributed by atoms with van der Waals surface area (Å²) in [6.07, 6.45) is 2.02. The third-order valence-corrected chi connectivity index (χ3v) is 5.88. The average Bonchev–Trinajstić information content (AvgIpc) is 3.31. The fourth-order valence-electron chi connectivity index (χ4n) is 3.39. The lowest BCUT2D eigenvalue weighted by Crippen LogP contribution is -2.17. The molecule has 0 atom stereocenters. The number of anilines is 1. The first-order valence-corrected chi connectivity index (χ1v) is 10.9. The zero-order chi connectivity index (χ0) is 22.5. The molecule has 0 bridgehead atoms. The number of amides is 1. The number of nitrogens with zero attached hydrogens (tertiary/aromatic N) is 2. The number of carbonyl (C=O) groups is 1.